The summed E-state index contributed by atoms with van der Waals surface area (Å²) in [6.07, 6.45) is 1.09. The van der Waals surface area contributed by atoms with Gasteiger partial charge in [0.1, 0.15) is 29.6 Å². The second kappa shape index (κ2) is 16.8. The number of benzene rings is 2. The van der Waals surface area contributed by atoms with Gasteiger partial charge in [0.05, 0.1) is 6.04 Å². The highest BCUT2D eigenvalue weighted by Crippen LogP contribution is 2.14. The van der Waals surface area contributed by atoms with E-state index in [9.17, 15) is 39.3 Å². The van der Waals surface area contributed by atoms with E-state index in [1.165, 1.54) is 48.2 Å². The summed E-state index contributed by atoms with van der Waals surface area (Å²) in [5.74, 6) is -4.42. The highest BCUT2D eigenvalue weighted by atomic mass is 32.2. The van der Waals surface area contributed by atoms with Crippen LogP contribution in [-0.2, 0) is 36.8 Å². The van der Waals surface area contributed by atoms with Gasteiger partial charge in [-0.2, -0.15) is 11.8 Å². The molecule has 0 spiro atoms. The molecule has 13 nitrogen and oxygen atoms in total. The Kier molecular flexibility index (Phi) is 13.6. The molecular weight excluding hydrogens is 568 g/mol. The van der Waals surface area contributed by atoms with Gasteiger partial charge in [-0.3, -0.25) is 19.2 Å². The van der Waals surface area contributed by atoms with E-state index in [2.05, 4.69) is 16.0 Å². The van der Waals surface area contributed by atoms with Crippen molar-refractivity contribution < 1.29 is 44.4 Å². The molecule has 4 unspecified atom stereocenters. The quantitative estimate of drug-likeness (QED) is 0.123. The van der Waals surface area contributed by atoms with Crippen molar-refractivity contribution in [2.45, 2.75) is 56.3 Å². The number of nitrogens with two attached hydrogens (primary N) is 1. The molecule has 42 heavy (non-hydrogen) atoms. The second-order valence-corrected chi connectivity index (χ2v) is 10.6. The van der Waals surface area contributed by atoms with Gasteiger partial charge in [-0.15, -0.1) is 0 Å². The largest absolute Gasteiger partial charge is 0.508 e. The van der Waals surface area contributed by atoms with Crippen molar-refractivity contribution in [3.8, 4) is 11.5 Å². The van der Waals surface area contributed by atoms with E-state index in [1.54, 1.807) is 18.4 Å². The van der Waals surface area contributed by atoms with Crippen molar-refractivity contribution in [1.82, 2.24) is 16.0 Å². The molecule has 0 aliphatic heterocycles. The van der Waals surface area contributed by atoms with Gasteiger partial charge in [0.15, 0.2) is 0 Å². The van der Waals surface area contributed by atoms with Gasteiger partial charge in [-0.1, -0.05) is 24.3 Å². The van der Waals surface area contributed by atoms with E-state index < -0.39 is 60.2 Å². The number of amides is 3. The van der Waals surface area contributed by atoms with Crippen LogP contribution < -0.4 is 21.7 Å². The Bertz CT molecular complexity index is 1220. The van der Waals surface area contributed by atoms with E-state index in [1.807, 2.05) is 0 Å². The van der Waals surface area contributed by atoms with Crippen molar-refractivity contribution in [3.05, 3.63) is 59.7 Å². The van der Waals surface area contributed by atoms with Crippen molar-refractivity contribution in [2.24, 2.45) is 5.73 Å². The van der Waals surface area contributed by atoms with Crippen LogP contribution in [0, 0.1) is 0 Å². The summed E-state index contributed by atoms with van der Waals surface area (Å²) in [6, 6.07) is 6.94. The van der Waals surface area contributed by atoms with Gasteiger partial charge in [-0.05, 0) is 66.7 Å². The van der Waals surface area contributed by atoms with E-state index >= 15 is 0 Å². The Labute approximate surface area is 246 Å². The molecule has 0 fully saturated rings. The molecule has 2 aromatic rings. The number of aromatic hydroxyl groups is 2. The normalized spacial score (nSPS) is 13.7. The lowest BCUT2D eigenvalue weighted by Gasteiger charge is -2.25. The minimum absolute atomic E-state index is 0.0143. The summed E-state index contributed by atoms with van der Waals surface area (Å²) in [4.78, 5) is 62.3. The monoisotopic (exact) mass is 604 g/mol. The Morgan fingerprint density at radius 3 is 1.69 bits per heavy atom. The number of carboxylic acids is 2. The molecule has 0 bridgehead atoms. The number of nitrogens with one attached hydrogen (secondary N) is 3. The Morgan fingerprint density at radius 1 is 0.714 bits per heavy atom. The van der Waals surface area contributed by atoms with Crippen LogP contribution in [0.5, 0.6) is 11.5 Å². The molecule has 228 valence electrons. The molecule has 0 saturated carbocycles. The van der Waals surface area contributed by atoms with Crippen molar-refractivity contribution >= 4 is 41.4 Å². The highest BCUT2D eigenvalue weighted by Gasteiger charge is 2.31. The van der Waals surface area contributed by atoms with E-state index in [-0.39, 0.29) is 37.2 Å². The third-order valence-electron chi connectivity index (χ3n) is 6.24. The Balaban J connectivity index is 2.24. The molecule has 0 aliphatic carbocycles. The predicted octanol–water partition coefficient (Wildman–Crippen LogP) is 0.367. The number of hydrogen-bond acceptors (Lipinski definition) is 9. The van der Waals surface area contributed by atoms with E-state index in [4.69, 9.17) is 10.8 Å². The van der Waals surface area contributed by atoms with E-state index in [0.29, 0.717) is 16.9 Å². The minimum atomic E-state index is -1.41. The molecule has 0 saturated heterocycles. The molecule has 14 heteroatoms. The van der Waals surface area contributed by atoms with Crippen LogP contribution >= 0.6 is 11.8 Å². The number of rotatable bonds is 17. The number of phenols is 2. The topological polar surface area (TPSA) is 228 Å². The number of hydrogen-bond donors (Lipinski definition) is 8. The minimum Gasteiger partial charge on any atom is -0.508 e. The molecule has 2 aromatic carbocycles. The summed E-state index contributed by atoms with van der Waals surface area (Å²) in [5.41, 5.74) is 7.29. The second-order valence-electron chi connectivity index (χ2n) is 9.58. The fourth-order valence-electron chi connectivity index (χ4n) is 3.91. The van der Waals surface area contributed by atoms with Gasteiger partial charge >= 0.3 is 11.9 Å². The summed E-state index contributed by atoms with van der Waals surface area (Å²) in [5, 5.41) is 45.1. The number of carbonyl (C=O) groups excluding carboxylic acids is 3. The van der Waals surface area contributed by atoms with Crippen LogP contribution in [0.25, 0.3) is 0 Å². The van der Waals surface area contributed by atoms with Crippen LogP contribution in [0.1, 0.15) is 30.4 Å². The van der Waals surface area contributed by atoms with Gasteiger partial charge in [-0.25, -0.2) is 4.79 Å². The molecule has 0 aromatic heterocycles. The van der Waals surface area contributed by atoms with Crippen LogP contribution in [0.2, 0.25) is 0 Å². The third-order valence-corrected chi connectivity index (χ3v) is 6.89. The molecule has 0 radical (unpaired) electrons. The zero-order chi connectivity index (χ0) is 31.2. The van der Waals surface area contributed by atoms with Gasteiger partial charge in [0.2, 0.25) is 17.7 Å². The summed E-state index contributed by atoms with van der Waals surface area (Å²) in [6.45, 7) is 0. The number of aliphatic carboxylic acids is 2. The standard InChI is InChI=1S/C28H36N4O9S/c1-42-13-12-22(28(40)41)31-26(38)21(10-11-24(35)36)30-27(39)23(15-17-4-8-19(34)9-5-17)32-25(37)20(29)14-16-2-6-18(33)7-3-16/h2-9,20-23,33-34H,10-15,29H2,1H3,(H,30,39)(H,31,38)(H,32,37)(H,35,36)(H,40,41). The van der Waals surface area contributed by atoms with Crippen molar-refractivity contribution in [3.63, 3.8) is 0 Å². The molecule has 0 aliphatic rings. The fraction of sp³-hybridized carbons (Fsp3) is 0.393. The summed E-state index contributed by atoms with van der Waals surface area (Å²) >= 11 is 1.38. The molecule has 9 N–H and O–H groups in total. The Morgan fingerprint density at radius 2 is 1.19 bits per heavy atom. The predicted molar refractivity (Wildman–Crippen MR) is 155 cm³/mol. The third kappa shape index (κ3) is 11.7. The highest BCUT2D eigenvalue weighted by molar-refractivity contribution is 7.98. The summed E-state index contributed by atoms with van der Waals surface area (Å²) in [7, 11) is 0. The van der Waals surface area contributed by atoms with Crippen molar-refractivity contribution in [1.29, 1.82) is 0 Å². The zero-order valence-corrected chi connectivity index (χ0v) is 23.8. The molecular formula is C28H36N4O9S. The smallest absolute Gasteiger partial charge is 0.326 e. The average molecular weight is 605 g/mol. The first-order chi connectivity index (χ1) is 19.9. The maximum absolute atomic E-state index is 13.4. The molecule has 2 rings (SSSR count). The Hall–Kier alpha value is -4.30. The van der Waals surface area contributed by atoms with Crippen molar-refractivity contribution in [2.75, 3.05) is 12.0 Å². The number of phenolic OH excluding ortho intramolecular Hbond substituents is 2. The van der Waals surface area contributed by atoms with Gasteiger partial charge in [0.25, 0.3) is 0 Å². The number of thioether (sulfide) groups is 1. The molecule has 3 amide bonds. The fourth-order valence-corrected chi connectivity index (χ4v) is 4.38. The van der Waals surface area contributed by atoms with Gasteiger partial charge < -0.3 is 42.1 Å². The zero-order valence-electron chi connectivity index (χ0n) is 23.0. The van der Waals surface area contributed by atoms with Crippen LogP contribution in [0.15, 0.2) is 48.5 Å². The van der Waals surface area contributed by atoms with E-state index in [0.717, 1.165) is 0 Å². The first-order valence-corrected chi connectivity index (χ1v) is 14.4. The lowest BCUT2D eigenvalue weighted by molar-refractivity contribution is -0.143. The van der Waals surface area contributed by atoms with Gasteiger partial charge in [0, 0.05) is 12.8 Å². The number of carboxylic acid groups (broad SMARTS) is 2. The lowest BCUT2D eigenvalue weighted by atomic mass is 10.0. The maximum Gasteiger partial charge on any atom is 0.326 e. The molecule has 4 atom stereocenters. The average Bonchev–Trinajstić information content (AvgIpc) is 2.94. The lowest BCUT2D eigenvalue weighted by Crippen LogP contribution is -2.57. The SMILES string of the molecule is CSCCC(NC(=O)C(CCC(=O)O)NC(=O)C(Cc1ccc(O)cc1)NC(=O)C(N)Cc1ccc(O)cc1)C(=O)O. The van der Waals surface area contributed by atoms with Crippen LogP contribution in [0.3, 0.4) is 0 Å². The van der Waals surface area contributed by atoms with Crippen LogP contribution in [0.4, 0.5) is 0 Å². The number of carbonyl (C=O) groups is 5. The first-order valence-electron chi connectivity index (χ1n) is 13.1. The molecule has 0 heterocycles. The first kappa shape index (κ1) is 33.9. The van der Waals surface area contributed by atoms with Crippen LogP contribution in [-0.4, -0.2) is 86.3 Å². The summed E-state index contributed by atoms with van der Waals surface area (Å²) < 4.78 is 0. The maximum atomic E-state index is 13.4.